The Morgan fingerprint density at radius 2 is 2.03 bits per heavy atom. The van der Waals surface area contributed by atoms with Gasteiger partial charge in [0.2, 0.25) is 0 Å². The lowest BCUT2D eigenvalue weighted by Gasteiger charge is -2.37. The minimum atomic E-state index is -0.580. The summed E-state index contributed by atoms with van der Waals surface area (Å²) in [4.78, 5) is 32.1. The van der Waals surface area contributed by atoms with Crippen LogP contribution in [0.5, 0.6) is 0 Å². The molecule has 1 amide bonds. The van der Waals surface area contributed by atoms with Crippen LogP contribution in [0, 0.1) is 11.3 Å². The lowest BCUT2D eigenvalue weighted by Crippen LogP contribution is -2.42. The molecule has 3 aromatic heterocycles. The van der Waals surface area contributed by atoms with Crippen LogP contribution in [0.2, 0.25) is 0 Å². The first kappa shape index (κ1) is 21.5. The topological polar surface area (TPSA) is 90.5 Å². The van der Waals surface area contributed by atoms with Crippen molar-refractivity contribution >= 4 is 11.4 Å². The summed E-state index contributed by atoms with van der Waals surface area (Å²) in [6, 6.07) is 15.4. The Morgan fingerprint density at radius 3 is 2.72 bits per heavy atom. The van der Waals surface area contributed by atoms with E-state index in [1.807, 2.05) is 30.3 Å². The first-order valence-corrected chi connectivity index (χ1v) is 10.7. The minimum Gasteiger partial charge on any atom is -0.348 e. The SMILES string of the molecule is C=CCNC(=O)c1cc(CN2CCC(C#N)(c3ccccn3)CC2)c2ccccn2c1=O. The van der Waals surface area contributed by atoms with E-state index in [-0.39, 0.29) is 11.1 Å². The van der Waals surface area contributed by atoms with Crippen molar-refractivity contribution in [3.05, 3.63) is 94.7 Å². The highest BCUT2D eigenvalue weighted by atomic mass is 16.2. The van der Waals surface area contributed by atoms with Crippen LogP contribution in [0.1, 0.15) is 34.5 Å². The molecule has 1 aliphatic rings. The lowest BCUT2D eigenvalue weighted by molar-refractivity contribution is 0.0956. The first-order valence-electron chi connectivity index (χ1n) is 10.7. The first-order chi connectivity index (χ1) is 15.6. The van der Waals surface area contributed by atoms with E-state index in [0.29, 0.717) is 25.9 Å². The number of likely N-dealkylation sites (tertiary alicyclic amines) is 1. The summed E-state index contributed by atoms with van der Waals surface area (Å²) < 4.78 is 1.52. The normalized spacial score (nSPS) is 15.7. The molecule has 0 spiro atoms. The van der Waals surface area contributed by atoms with Crippen molar-refractivity contribution in [3.8, 4) is 6.07 Å². The minimum absolute atomic E-state index is 0.113. The number of hydrogen-bond acceptors (Lipinski definition) is 5. The van der Waals surface area contributed by atoms with Gasteiger partial charge in [-0.2, -0.15) is 5.26 Å². The van der Waals surface area contributed by atoms with Crippen molar-refractivity contribution in [2.24, 2.45) is 0 Å². The largest absolute Gasteiger partial charge is 0.348 e. The Bertz CT molecular complexity index is 1230. The molecule has 1 saturated heterocycles. The van der Waals surface area contributed by atoms with Gasteiger partial charge in [-0.1, -0.05) is 18.2 Å². The van der Waals surface area contributed by atoms with E-state index in [1.165, 1.54) is 4.40 Å². The average Bonchev–Trinajstić information content (AvgIpc) is 2.85. The summed E-state index contributed by atoms with van der Waals surface area (Å²) in [5.41, 5.74) is 1.69. The van der Waals surface area contributed by atoms with Gasteiger partial charge >= 0.3 is 0 Å². The number of nitriles is 1. The number of aromatic nitrogens is 2. The molecule has 7 heteroatoms. The fraction of sp³-hybridized carbons (Fsp3) is 0.280. The van der Waals surface area contributed by atoms with Crippen LogP contribution in [0.4, 0.5) is 0 Å². The fourth-order valence-corrected chi connectivity index (χ4v) is 4.28. The summed E-state index contributed by atoms with van der Waals surface area (Å²) in [6.45, 7) is 5.92. The Morgan fingerprint density at radius 1 is 1.25 bits per heavy atom. The molecule has 3 aromatic rings. The number of amides is 1. The standard InChI is InChI=1S/C25H25N5O2/c1-2-11-28-23(31)20-16-19(21-7-4-6-13-30(21)24(20)32)17-29-14-9-25(18-26,10-15-29)22-8-3-5-12-27-22/h2-8,12-13,16H,1,9-11,14-15,17H2,(H,28,31). The zero-order valence-corrected chi connectivity index (χ0v) is 17.8. The lowest BCUT2D eigenvalue weighted by atomic mass is 9.76. The summed E-state index contributed by atoms with van der Waals surface area (Å²) >= 11 is 0. The van der Waals surface area contributed by atoms with Gasteiger partial charge < -0.3 is 5.32 Å². The van der Waals surface area contributed by atoms with Crippen molar-refractivity contribution in [1.82, 2.24) is 19.6 Å². The van der Waals surface area contributed by atoms with Crippen molar-refractivity contribution in [2.75, 3.05) is 19.6 Å². The maximum Gasteiger partial charge on any atom is 0.267 e. The number of nitrogens with zero attached hydrogens (tertiary/aromatic N) is 4. The van der Waals surface area contributed by atoms with Crippen molar-refractivity contribution in [2.45, 2.75) is 24.8 Å². The zero-order valence-electron chi connectivity index (χ0n) is 17.8. The van der Waals surface area contributed by atoms with Gasteiger partial charge in [-0.05, 0) is 48.7 Å². The van der Waals surface area contributed by atoms with Crippen LogP contribution in [-0.4, -0.2) is 39.8 Å². The Balaban J connectivity index is 1.60. The molecule has 1 fully saturated rings. The highest BCUT2D eigenvalue weighted by Gasteiger charge is 2.37. The molecule has 7 nitrogen and oxygen atoms in total. The highest BCUT2D eigenvalue weighted by molar-refractivity contribution is 5.94. The highest BCUT2D eigenvalue weighted by Crippen LogP contribution is 2.34. The molecule has 0 saturated carbocycles. The van der Waals surface area contributed by atoms with Gasteiger partial charge in [0.05, 0.1) is 17.3 Å². The summed E-state index contributed by atoms with van der Waals surface area (Å²) in [5.74, 6) is -0.410. The van der Waals surface area contributed by atoms with E-state index in [2.05, 4.69) is 27.8 Å². The molecule has 32 heavy (non-hydrogen) atoms. The second-order valence-electron chi connectivity index (χ2n) is 8.03. The van der Waals surface area contributed by atoms with Gasteiger partial charge in [-0.3, -0.25) is 23.9 Å². The fourth-order valence-electron chi connectivity index (χ4n) is 4.28. The zero-order chi connectivity index (χ0) is 22.6. The maximum atomic E-state index is 12.9. The Labute approximate surface area is 186 Å². The molecule has 0 radical (unpaired) electrons. The Kier molecular flexibility index (Phi) is 6.15. The van der Waals surface area contributed by atoms with E-state index < -0.39 is 11.3 Å². The number of fused-ring (bicyclic) bond motifs is 1. The molecular weight excluding hydrogens is 402 g/mol. The second kappa shape index (κ2) is 9.16. The number of rotatable bonds is 6. The van der Waals surface area contributed by atoms with Gasteiger partial charge in [-0.15, -0.1) is 6.58 Å². The molecule has 0 bridgehead atoms. The molecule has 0 aromatic carbocycles. The van der Waals surface area contributed by atoms with Crippen LogP contribution in [0.15, 0.2) is 72.3 Å². The Hall–Kier alpha value is -3.76. The van der Waals surface area contributed by atoms with Crippen LogP contribution in [0.3, 0.4) is 0 Å². The summed E-state index contributed by atoms with van der Waals surface area (Å²) in [5, 5.41) is 12.6. The molecule has 162 valence electrons. The molecule has 1 N–H and O–H groups in total. The van der Waals surface area contributed by atoms with Crippen LogP contribution < -0.4 is 10.9 Å². The third-order valence-corrected chi connectivity index (χ3v) is 6.08. The van der Waals surface area contributed by atoms with Crippen molar-refractivity contribution in [3.63, 3.8) is 0 Å². The molecule has 0 atom stereocenters. The van der Waals surface area contributed by atoms with Gasteiger partial charge in [0.1, 0.15) is 11.0 Å². The smallest absolute Gasteiger partial charge is 0.267 e. The molecule has 4 heterocycles. The van der Waals surface area contributed by atoms with Gasteiger partial charge in [0, 0.05) is 38.6 Å². The van der Waals surface area contributed by atoms with E-state index >= 15 is 0 Å². The monoisotopic (exact) mass is 427 g/mol. The van der Waals surface area contributed by atoms with Crippen molar-refractivity contribution < 1.29 is 4.79 Å². The van der Waals surface area contributed by atoms with E-state index in [1.54, 1.807) is 30.6 Å². The average molecular weight is 428 g/mol. The van der Waals surface area contributed by atoms with Gasteiger partial charge in [0.25, 0.3) is 11.5 Å². The summed E-state index contributed by atoms with van der Waals surface area (Å²) in [7, 11) is 0. The molecule has 0 unspecified atom stereocenters. The molecular formula is C25H25N5O2. The number of piperidine rings is 1. The predicted molar refractivity (Wildman–Crippen MR) is 122 cm³/mol. The number of hydrogen-bond donors (Lipinski definition) is 1. The third kappa shape index (κ3) is 4.05. The number of nitrogens with one attached hydrogen (secondary N) is 1. The second-order valence-corrected chi connectivity index (χ2v) is 8.03. The van der Waals surface area contributed by atoms with Crippen LogP contribution >= 0.6 is 0 Å². The number of carbonyl (C=O) groups excluding carboxylic acids is 1. The van der Waals surface area contributed by atoms with Gasteiger partial charge in [0.15, 0.2) is 0 Å². The number of pyridine rings is 3. The molecule has 0 aliphatic carbocycles. The van der Waals surface area contributed by atoms with Crippen LogP contribution in [0.25, 0.3) is 5.52 Å². The quantitative estimate of drug-likeness (QED) is 0.611. The van der Waals surface area contributed by atoms with Gasteiger partial charge in [-0.25, -0.2) is 0 Å². The van der Waals surface area contributed by atoms with E-state index in [9.17, 15) is 14.9 Å². The molecule has 4 rings (SSSR count). The van der Waals surface area contributed by atoms with Crippen LogP contribution in [-0.2, 0) is 12.0 Å². The van der Waals surface area contributed by atoms with Crippen molar-refractivity contribution in [1.29, 1.82) is 5.26 Å². The van der Waals surface area contributed by atoms with E-state index in [4.69, 9.17) is 0 Å². The molecule has 1 aliphatic heterocycles. The summed E-state index contributed by atoms with van der Waals surface area (Å²) in [6.07, 6.45) is 6.35. The third-order valence-electron chi connectivity index (χ3n) is 6.08. The maximum absolute atomic E-state index is 12.9. The predicted octanol–water partition coefficient (Wildman–Crippen LogP) is 2.67. The number of carbonyl (C=O) groups is 1. The van der Waals surface area contributed by atoms with E-state index in [0.717, 1.165) is 29.9 Å².